The van der Waals surface area contributed by atoms with Crippen molar-refractivity contribution in [1.29, 1.82) is 0 Å². The van der Waals surface area contributed by atoms with Gasteiger partial charge < -0.3 is 9.47 Å². The molecule has 0 radical (unpaired) electrons. The van der Waals surface area contributed by atoms with E-state index in [-0.39, 0.29) is 17.6 Å². The third kappa shape index (κ3) is 7.44. The molecule has 0 N–H and O–H groups in total. The highest BCUT2D eigenvalue weighted by atomic mass is 16.7. The number of ether oxygens (including phenoxy) is 2. The van der Waals surface area contributed by atoms with Crippen molar-refractivity contribution >= 4 is 6.16 Å². The van der Waals surface area contributed by atoms with Gasteiger partial charge in [-0.1, -0.05) is 46.5 Å². The minimum atomic E-state index is -0.546. The second-order valence-corrected chi connectivity index (χ2v) is 5.99. The van der Waals surface area contributed by atoms with Crippen LogP contribution in [0.3, 0.4) is 0 Å². The van der Waals surface area contributed by atoms with Gasteiger partial charge in [0.15, 0.2) is 0 Å². The average Bonchev–Trinajstić information content (AvgIpc) is 2.33. The quantitative estimate of drug-likeness (QED) is 0.421. The molecular weight excluding hydrogens is 240 g/mol. The van der Waals surface area contributed by atoms with Gasteiger partial charge in [-0.05, 0) is 33.6 Å². The van der Waals surface area contributed by atoms with Crippen LogP contribution in [0, 0.1) is 5.41 Å². The predicted octanol–water partition coefficient (Wildman–Crippen LogP) is 5.32. The summed E-state index contributed by atoms with van der Waals surface area (Å²) < 4.78 is 10.5. The lowest BCUT2D eigenvalue weighted by Gasteiger charge is -2.34. The van der Waals surface area contributed by atoms with Crippen molar-refractivity contribution in [2.24, 2.45) is 5.41 Å². The molecule has 3 nitrogen and oxygen atoms in total. The van der Waals surface area contributed by atoms with Crippen LogP contribution in [0.1, 0.15) is 80.1 Å². The molecule has 0 bridgehead atoms. The van der Waals surface area contributed by atoms with Gasteiger partial charge in [0.05, 0.1) is 6.10 Å². The molecule has 0 heterocycles. The SMILES string of the molecule is CCCCCCC(C)(CC)C(C)OC(=O)OC(C)C. The third-order valence-corrected chi connectivity index (χ3v) is 4.00. The summed E-state index contributed by atoms with van der Waals surface area (Å²) in [4.78, 5) is 11.6. The zero-order valence-corrected chi connectivity index (χ0v) is 13.6. The molecule has 0 saturated carbocycles. The highest BCUT2D eigenvalue weighted by Gasteiger charge is 2.32. The Balaban J connectivity index is 4.26. The van der Waals surface area contributed by atoms with Crippen LogP contribution in [0.2, 0.25) is 0 Å². The Morgan fingerprint density at radius 2 is 1.68 bits per heavy atom. The van der Waals surface area contributed by atoms with Gasteiger partial charge in [-0.2, -0.15) is 0 Å². The van der Waals surface area contributed by atoms with Crippen LogP contribution in [0.4, 0.5) is 4.79 Å². The van der Waals surface area contributed by atoms with Crippen LogP contribution in [0.25, 0.3) is 0 Å². The van der Waals surface area contributed by atoms with Crippen LogP contribution in [-0.4, -0.2) is 18.4 Å². The van der Waals surface area contributed by atoms with Crippen LogP contribution >= 0.6 is 0 Å². The van der Waals surface area contributed by atoms with Gasteiger partial charge in [0.1, 0.15) is 6.10 Å². The zero-order valence-electron chi connectivity index (χ0n) is 13.6. The molecule has 0 aliphatic carbocycles. The van der Waals surface area contributed by atoms with E-state index in [1.54, 1.807) is 0 Å². The van der Waals surface area contributed by atoms with Gasteiger partial charge in [0, 0.05) is 5.41 Å². The van der Waals surface area contributed by atoms with Gasteiger partial charge in [0.2, 0.25) is 0 Å². The standard InChI is InChI=1S/C16H32O3/c1-7-9-10-11-12-16(6,8-2)14(5)19-15(17)18-13(3)4/h13-14H,7-12H2,1-6H3. The summed E-state index contributed by atoms with van der Waals surface area (Å²) in [6, 6.07) is 0. The van der Waals surface area contributed by atoms with Crippen molar-refractivity contribution in [1.82, 2.24) is 0 Å². The summed E-state index contributed by atoms with van der Waals surface area (Å²) in [7, 11) is 0. The van der Waals surface area contributed by atoms with E-state index in [2.05, 4.69) is 20.8 Å². The van der Waals surface area contributed by atoms with Crippen LogP contribution in [0.15, 0.2) is 0 Å². The first-order valence-electron chi connectivity index (χ1n) is 7.73. The normalized spacial score (nSPS) is 15.9. The summed E-state index contributed by atoms with van der Waals surface area (Å²) in [6.45, 7) is 12.2. The monoisotopic (exact) mass is 272 g/mol. The topological polar surface area (TPSA) is 35.5 Å². The molecule has 0 saturated heterocycles. The van der Waals surface area contributed by atoms with Crippen molar-refractivity contribution in [3.8, 4) is 0 Å². The summed E-state index contributed by atoms with van der Waals surface area (Å²) in [6.07, 6.45) is 6.31. The van der Waals surface area contributed by atoms with E-state index in [1.807, 2.05) is 20.8 Å². The summed E-state index contributed by atoms with van der Waals surface area (Å²) in [5, 5.41) is 0. The van der Waals surface area contributed by atoms with Gasteiger partial charge in [0.25, 0.3) is 0 Å². The fourth-order valence-corrected chi connectivity index (χ4v) is 2.13. The molecule has 0 aliphatic rings. The molecule has 0 amide bonds. The van der Waals surface area contributed by atoms with E-state index in [4.69, 9.17) is 9.47 Å². The van der Waals surface area contributed by atoms with Crippen LogP contribution in [-0.2, 0) is 9.47 Å². The van der Waals surface area contributed by atoms with Gasteiger partial charge >= 0.3 is 6.16 Å². The fourth-order valence-electron chi connectivity index (χ4n) is 2.13. The number of carbonyl (C=O) groups excluding carboxylic acids is 1. The highest BCUT2D eigenvalue weighted by Crippen LogP contribution is 2.34. The first-order valence-corrected chi connectivity index (χ1v) is 7.73. The number of hydrogen-bond donors (Lipinski definition) is 0. The lowest BCUT2D eigenvalue weighted by atomic mass is 9.77. The number of carbonyl (C=O) groups is 1. The lowest BCUT2D eigenvalue weighted by Crippen LogP contribution is -2.34. The van der Waals surface area contributed by atoms with E-state index < -0.39 is 6.16 Å². The average molecular weight is 272 g/mol. The van der Waals surface area contributed by atoms with Gasteiger partial charge in [-0.25, -0.2) is 4.79 Å². The van der Waals surface area contributed by atoms with E-state index in [0.29, 0.717) is 0 Å². The van der Waals surface area contributed by atoms with Crippen molar-refractivity contribution in [3.63, 3.8) is 0 Å². The third-order valence-electron chi connectivity index (χ3n) is 4.00. The second kappa shape index (κ2) is 9.22. The van der Waals surface area contributed by atoms with Crippen LogP contribution in [0.5, 0.6) is 0 Å². The summed E-state index contributed by atoms with van der Waals surface area (Å²) in [5.41, 5.74) is 0.0454. The maximum absolute atomic E-state index is 11.6. The summed E-state index contributed by atoms with van der Waals surface area (Å²) in [5.74, 6) is 0. The van der Waals surface area contributed by atoms with E-state index >= 15 is 0 Å². The molecule has 3 heteroatoms. The molecule has 0 aromatic carbocycles. The maximum atomic E-state index is 11.6. The van der Waals surface area contributed by atoms with Crippen molar-refractivity contribution in [2.75, 3.05) is 0 Å². The Bertz CT molecular complexity index is 250. The summed E-state index contributed by atoms with van der Waals surface area (Å²) >= 11 is 0. The molecule has 0 aliphatic heterocycles. The van der Waals surface area contributed by atoms with Gasteiger partial charge in [-0.3, -0.25) is 0 Å². The molecule has 0 aromatic rings. The zero-order chi connectivity index (χ0) is 14.9. The molecule has 114 valence electrons. The Morgan fingerprint density at radius 1 is 1.05 bits per heavy atom. The molecule has 0 aromatic heterocycles. The second-order valence-electron chi connectivity index (χ2n) is 5.99. The minimum absolute atomic E-state index is 0.0454. The minimum Gasteiger partial charge on any atom is -0.432 e. The number of unbranched alkanes of at least 4 members (excludes halogenated alkanes) is 3. The Labute approximate surface area is 119 Å². The molecule has 19 heavy (non-hydrogen) atoms. The number of hydrogen-bond acceptors (Lipinski definition) is 3. The number of rotatable bonds is 9. The Kier molecular flexibility index (Phi) is 8.86. The van der Waals surface area contributed by atoms with Gasteiger partial charge in [-0.15, -0.1) is 0 Å². The molecule has 0 fully saturated rings. The van der Waals surface area contributed by atoms with E-state index in [1.165, 1.54) is 25.7 Å². The smallest absolute Gasteiger partial charge is 0.432 e. The molecular formula is C16H32O3. The highest BCUT2D eigenvalue weighted by molar-refractivity contribution is 5.60. The first kappa shape index (κ1) is 18.3. The molecule has 2 unspecified atom stereocenters. The lowest BCUT2D eigenvalue weighted by molar-refractivity contribution is -0.0345. The van der Waals surface area contributed by atoms with Crippen molar-refractivity contribution < 1.29 is 14.3 Å². The van der Waals surface area contributed by atoms with E-state index in [9.17, 15) is 4.79 Å². The largest absolute Gasteiger partial charge is 0.508 e. The fraction of sp³-hybridized carbons (Fsp3) is 0.938. The van der Waals surface area contributed by atoms with Crippen molar-refractivity contribution in [2.45, 2.75) is 92.3 Å². The predicted molar refractivity (Wildman–Crippen MR) is 79.3 cm³/mol. The maximum Gasteiger partial charge on any atom is 0.508 e. The van der Waals surface area contributed by atoms with E-state index in [0.717, 1.165) is 12.8 Å². The Hall–Kier alpha value is -0.730. The molecule has 2 atom stereocenters. The molecule has 0 spiro atoms. The first-order chi connectivity index (χ1) is 8.85. The Morgan fingerprint density at radius 3 is 2.16 bits per heavy atom. The van der Waals surface area contributed by atoms with Crippen molar-refractivity contribution in [3.05, 3.63) is 0 Å². The molecule has 0 rings (SSSR count). The van der Waals surface area contributed by atoms with Crippen LogP contribution < -0.4 is 0 Å².